The highest BCUT2D eigenvalue weighted by molar-refractivity contribution is 6.30. The summed E-state index contributed by atoms with van der Waals surface area (Å²) in [6.07, 6.45) is 5.05. The lowest BCUT2D eigenvalue weighted by Crippen LogP contribution is -2.44. The van der Waals surface area contributed by atoms with Crippen molar-refractivity contribution in [1.29, 1.82) is 0 Å². The van der Waals surface area contributed by atoms with Crippen molar-refractivity contribution in [3.05, 3.63) is 106 Å². The van der Waals surface area contributed by atoms with E-state index in [0.29, 0.717) is 34.9 Å². The second-order valence-corrected chi connectivity index (χ2v) is 8.98. The zero-order valence-corrected chi connectivity index (χ0v) is 20.6. The Balaban J connectivity index is 1.43. The molecule has 190 valence electrons. The smallest absolute Gasteiger partial charge is 0.335 e. The lowest BCUT2D eigenvalue weighted by molar-refractivity contribution is -0.135. The molecule has 2 amide bonds. The van der Waals surface area contributed by atoms with Gasteiger partial charge < -0.3 is 15.3 Å². The van der Waals surface area contributed by atoms with Crippen LogP contribution in [0.2, 0.25) is 5.02 Å². The number of amides is 2. The highest BCUT2D eigenvalue weighted by Crippen LogP contribution is 2.31. The van der Waals surface area contributed by atoms with Crippen LogP contribution in [-0.4, -0.2) is 54.5 Å². The summed E-state index contributed by atoms with van der Waals surface area (Å²) in [6, 6.07) is 17.6. The number of anilines is 1. The van der Waals surface area contributed by atoms with Gasteiger partial charge in [0.25, 0.3) is 5.91 Å². The molecule has 2 N–H and O–H groups in total. The molecule has 3 aromatic carbocycles. The highest BCUT2D eigenvalue weighted by Gasteiger charge is 2.35. The van der Waals surface area contributed by atoms with Crippen LogP contribution in [0.15, 0.2) is 79.1 Å². The number of hydrogen-bond acceptors (Lipinski definition) is 6. The van der Waals surface area contributed by atoms with Crippen LogP contribution in [0.1, 0.15) is 33.1 Å². The zero-order chi connectivity index (χ0) is 26.6. The van der Waals surface area contributed by atoms with E-state index in [2.05, 4.69) is 20.8 Å². The average molecular weight is 529 g/mol. The third-order valence-corrected chi connectivity index (χ3v) is 6.44. The van der Waals surface area contributed by atoms with E-state index in [9.17, 15) is 14.4 Å². The van der Waals surface area contributed by atoms with Crippen LogP contribution in [0.25, 0.3) is 11.8 Å². The minimum absolute atomic E-state index is 0.106. The largest absolute Gasteiger partial charge is 0.478 e. The van der Waals surface area contributed by atoms with Crippen molar-refractivity contribution >= 4 is 41.1 Å². The molecule has 0 fully saturated rings. The van der Waals surface area contributed by atoms with Gasteiger partial charge in [-0.2, -0.15) is 4.68 Å². The van der Waals surface area contributed by atoms with Crippen LogP contribution in [0, 0.1) is 0 Å². The Morgan fingerprint density at radius 3 is 2.58 bits per heavy atom. The molecule has 4 aromatic rings. The van der Waals surface area contributed by atoms with Gasteiger partial charge in [-0.05, 0) is 76.5 Å². The van der Waals surface area contributed by atoms with E-state index in [4.69, 9.17) is 16.7 Å². The molecule has 5 rings (SSSR count). The number of fused-ring (bicyclic) bond motifs is 1. The van der Waals surface area contributed by atoms with Gasteiger partial charge in [0.05, 0.1) is 11.3 Å². The van der Waals surface area contributed by atoms with Crippen LogP contribution in [0.4, 0.5) is 5.69 Å². The number of carboxylic acids is 1. The number of aromatic nitrogens is 4. The molecule has 38 heavy (non-hydrogen) atoms. The molecule has 10 nitrogen and oxygen atoms in total. The fourth-order valence-corrected chi connectivity index (χ4v) is 4.57. The van der Waals surface area contributed by atoms with Gasteiger partial charge in [-0.1, -0.05) is 35.9 Å². The van der Waals surface area contributed by atoms with E-state index in [1.54, 1.807) is 24.3 Å². The summed E-state index contributed by atoms with van der Waals surface area (Å²) >= 11 is 6.19. The number of nitrogens with one attached hydrogen (secondary N) is 1. The third-order valence-electron chi connectivity index (χ3n) is 6.21. The summed E-state index contributed by atoms with van der Waals surface area (Å²) in [7, 11) is 0. The van der Waals surface area contributed by atoms with Gasteiger partial charge in [-0.25, -0.2) is 4.79 Å². The Morgan fingerprint density at radius 1 is 1.05 bits per heavy atom. The van der Waals surface area contributed by atoms with Crippen LogP contribution in [0.3, 0.4) is 0 Å². The van der Waals surface area contributed by atoms with Gasteiger partial charge in [0.1, 0.15) is 12.4 Å². The number of carbonyl (C=O) groups excluding carboxylic acids is 2. The molecular weight excluding hydrogens is 508 g/mol. The first-order valence-electron chi connectivity index (χ1n) is 11.6. The summed E-state index contributed by atoms with van der Waals surface area (Å²) in [5, 5.41) is 23.6. The van der Waals surface area contributed by atoms with Crippen molar-refractivity contribution in [3.8, 4) is 5.69 Å². The molecule has 1 aliphatic rings. The molecule has 1 aliphatic heterocycles. The van der Waals surface area contributed by atoms with Gasteiger partial charge in [0, 0.05) is 28.9 Å². The number of carbonyl (C=O) groups is 3. The van der Waals surface area contributed by atoms with Gasteiger partial charge in [-0.3, -0.25) is 9.59 Å². The first kappa shape index (κ1) is 24.8. The predicted molar refractivity (Wildman–Crippen MR) is 140 cm³/mol. The van der Waals surface area contributed by atoms with Crippen LogP contribution < -0.4 is 5.32 Å². The molecule has 0 unspecified atom stereocenters. The Morgan fingerprint density at radius 2 is 1.84 bits per heavy atom. The molecule has 0 saturated heterocycles. The van der Waals surface area contributed by atoms with Crippen LogP contribution in [-0.2, 0) is 16.0 Å². The van der Waals surface area contributed by atoms with Crippen molar-refractivity contribution < 1.29 is 19.5 Å². The predicted octanol–water partition coefficient (Wildman–Crippen LogP) is 3.79. The van der Waals surface area contributed by atoms with E-state index in [1.165, 1.54) is 46.3 Å². The Kier molecular flexibility index (Phi) is 6.96. The molecule has 1 aromatic heterocycles. The molecule has 1 atom stereocenters. The molecule has 0 spiro atoms. The number of benzene rings is 3. The number of carboxylic acid groups (broad SMARTS) is 1. The fourth-order valence-electron chi connectivity index (χ4n) is 4.39. The molecule has 0 aliphatic carbocycles. The molecule has 2 heterocycles. The monoisotopic (exact) mass is 528 g/mol. The number of rotatable bonds is 6. The summed E-state index contributed by atoms with van der Waals surface area (Å²) < 4.78 is 1.46. The van der Waals surface area contributed by atoms with Gasteiger partial charge >= 0.3 is 5.97 Å². The van der Waals surface area contributed by atoms with Gasteiger partial charge in [0.2, 0.25) is 5.91 Å². The third kappa shape index (κ3) is 5.16. The van der Waals surface area contributed by atoms with E-state index in [0.717, 1.165) is 11.1 Å². The van der Waals surface area contributed by atoms with Crippen molar-refractivity contribution in [1.82, 2.24) is 25.1 Å². The maximum Gasteiger partial charge on any atom is 0.335 e. The fraction of sp³-hybridized carbons (Fsp3) is 0.111. The van der Waals surface area contributed by atoms with Crippen molar-refractivity contribution in [2.75, 3.05) is 11.9 Å². The minimum atomic E-state index is -1.06. The number of halogens is 1. The Hall–Kier alpha value is -4.83. The summed E-state index contributed by atoms with van der Waals surface area (Å²) in [4.78, 5) is 39.6. The van der Waals surface area contributed by atoms with Crippen molar-refractivity contribution in [2.45, 2.75) is 12.5 Å². The maximum atomic E-state index is 13.5. The van der Waals surface area contributed by atoms with Crippen molar-refractivity contribution in [2.24, 2.45) is 0 Å². The normalized spacial score (nSPS) is 14.8. The van der Waals surface area contributed by atoms with Crippen LogP contribution >= 0.6 is 11.6 Å². The molecule has 0 bridgehead atoms. The van der Waals surface area contributed by atoms with E-state index < -0.39 is 17.9 Å². The van der Waals surface area contributed by atoms with Crippen molar-refractivity contribution in [3.63, 3.8) is 0 Å². The maximum absolute atomic E-state index is 13.5. The first-order chi connectivity index (χ1) is 18.4. The summed E-state index contributed by atoms with van der Waals surface area (Å²) in [5.41, 5.74) is 3.50. The highest BCUT2D eigenvalue weighted by atomic mass is 35.5. The minimum Gasteiger partial charge on any atom is -0.478 e. The van der Waals surface area contributed by atoms with E-state index in [-0.39, 0.29) is 11.5 Å². The number of aromatic carboxylic acids is 1. The second kappa shape index (κ2) is 10.7. The quantitative estimate of drug-likeness (QED) is 0.364. The lowest BCUT2D eigenvalue weighted by atomic mass is 9.91. The Labute approximate surface area is 222 Å². The first-order valence-corrected chi connectivity index (χ1v) is 12.0. The van der Waals surface area contributed by atoms with Crippen LogP contribution in [0.5, 0.6) is 0 Å². The lowest BCUT2D eigenvalue weighted by Gasteiger charge is -2.35. The molecule has 0 radical (unpaired) electrons. The number of nitrogens with zero attached hydrogens (tertiary/aromatic N) is 5. The van der Waals surface area contributed by atoms with Gasteiger partial charge in [-0.15, -0.1) is 5.10 Å². The zero-order valence-electron chi connectivity index (χ0n) is 19.9. The standard InChI is InChI=1S/C27H21ClN6O4/c28-20-8-11-23(34-16-29-31-32-34)19(15-20)7-12-24(35)33-14-13-17-3-1-2-4-22(17)25(33)26(36)30-21-9-5-18(6-10-21)27(37)38/h1-12,15-16,25H,13-14H2,(H,30,36)(H,37,38)/b12-7+/t25-/m1/s1. The molecular formula is C27H21ClN6O4. The number of tetrazole rings is 1. The van der Waals surface area contributed by atoms with E-state index >= 15 is 0 Å². The average Bonchev–Trinajstić information content (AvgIpc) is 3.46. The SMILES string of the molecule is O=C(O)c1ccc(NC(=O)[C@H]2c3ccccc3CCN2C(=O)/C=C/c2cc(Cl)ccc2-n2cnnn2)cc1. The van der Waals surface area contributed by atoms with E-state index in [1.807, 2.05) is 24.3 Å². The summed E-state index contributed by atoms with van der Waals surface area (Å²) in [5.74, 6) is -1.82. The van der Waals surface area contributed by atoms with Gasteiger partial charge in [0.15, 0.2) is 0 Å². The Bertz CT molecular complexity index is 1540. The molecule has 11 heteroatoms. The second-order valence-electron chi connectivity index (χ2n) is 8.55. The number of hydrogen-bond donors (Lipinski definition) is 2. The topological polar surface area (TPSA) is 130 Å². The molecule has 0 saturated carbocycles. The summed E-state index contributed by atoms with van der Waals surface area (Å²) in [6.45, 7) is 0.339.